The molecule has 0 heterocycles. The Morgan fingerprint density at radius 1 is 1.19 bits per heavy atom. The molecule has 26 heavy (non-hydrogen) atoms. The van der Waals surface area contributed by atoms with Crippen LogP contribution in [0, 0.1) is 6.08 Å². The van der Waals surface area contributed by atoms with E-state index in [1.165, 1.54) is 19.2 Å². The zero-order valence-corrected chi connectivity index (χ0v) is 21.0. The molecule has 2 aromatic carbocycles. The van der Waals surface area contributed by atoms with Crippen molar-refractivity contribution < 1.29 is 54.2 Å². The molecular formula is C21H28Cl2OSiZr-2. The van der Waals surface area contributed by atoms with E-state index in [2.05, 4.69) is 87.6 Å². The van der Waals surface area contributed by atoms with Gasteiger partial charge in [-0.05, 0) is 14.1 Å². The maximum absolute atomic E-state index is 8.84. The Balaban J connectivity index is 0. The maximum atomic E-state index is 8.84. The summed E-state index contributed by atoms with van der Waals surface area (Å²) in [5.41, 5.74) is 0. The van der Waals surface area contributed by atoms with E-state index in [0.717, 1.165) is 12.5 Å². The van der Waals surface area contributed by atoms with E-state index in [9.17, 15) is 0 Å². The van der Waals surface area contributed by atoms with Gasteiger partial charge in [-0.3, -0.25) is 6.08 Å². The average Bonchev–Trinajstić information content (AvgIpc) is 3.19. The summed E-state index contributed by atoms with van der Waals surface area (Å²) < 4.78 is 1.51. The van der Waals surface area contributed by atoms with E-state index >= 15 is 0 Å². The van der Waals surface area contributed by atoms with Crippen LogP contribution in [0.2, 0.25) is 19.1 Å². The van der Waals surface area contributed by atoms with Crippen LogP contribution >= 0.6 is 0 Å². The summed E-state index contributed by atoms with van der Waals surface area (Å²) in [4.78, 5) is 0. The van der Waals surface area contributed by atoms with Crippen molar-refractivity contribution >= 4 is 22.1 Å². The molecular weight excluding hydrogens is 458 g/mol. The van der Waals surface area contributed by atoms with Gasteiger partial charge in [-0.15, -0.1) is 36.1 Å². The molecule has 2 aromatic rings. The van der Waals surface area contributed by atoms with E-state index in [1.807, 2.05) is 0 Å². The minimum atomic E-state index is -1.28. The summed E-state index contributed by atoms with van der Waals surface area (Å²) in [7, 11) is -1.28. The van der Waals surface area contributed by atoms with Gasteiger partial charge in [0.05, 0.1) is 0 Å². The van der Waals surface area contributed by atoms with Gasteiger partial charge >= 0.3 is 41.3 Å². The molecule has 0 spiro atoms. The second-order valence-corrected chi connectivity index (χ2v) is 14.0. The van der Waals surface area contributed by atoms with Gasteiger partial charge in [0.25, 0.3) is 0 Å². The molecule has 0 aliphatic heterocycles. The van der Waals surface area contributed by atoms with Crippen molar-refractivity contribution in [3.63, 3.8) is 0 Å². The van der Waals surface area contributed by atoms with Gasteiger partial charge in [0.15, 0.2) is 0 Å². The van der Waals surface area contributed by atoms with Crippen molar-refractivity contribution in [2.75, 3.05) is 6.61 Å². The van der Waals surface area contributed by atoms with E-state index in [4.69, 9.17) is 5.11 Å². The third kappa shape index (κ3) is 10.8. The van der Waals surface area contributed by atoms with Crippen LogP contribution in [0.1, 0.15) is 20.3 Å². The molecule has 3 rings (SSSR count). The smallest absolute Gasteiger partial charge is 0.0397 e. The number of fused-ring (bicyclic) bond motifs is 1. The van der Waals surface area contributed by atoms with Crippen molar-refractivity contribution in [1.29, 1.82) is 0 Å². The summed E-state index contributed by atoms with van der Waals surface area (Å²) in [6.07, 6.45) is 8.48. The summed E-state index contributed by atoms with van der Waals surface area (Å²) in [6.45, 7) is 9.15. The molecule has 0 saturated heterocycles. The van der Waals surface area contributed by atoms with Gasteiger partial charge in [0.2, 0.25) is 0 Å². The van der Waals surface area contributed by atoms with Crippen molar-refractivity contribution in [3.8, 4) is 0 Å². The second-order valence-electron chi connectivity index (χ2n) is 6.72. The van der Waals surface area contributed by atoms with Crippen molar-refractivity contribution in [2.45, 2.75) is 39.4 Å². The van der Waals surface area contributed by atoms with Crippen molar-refractivity contribution in [1.82, 2.24) is 0 Å². The molecule has 1 aliphatic carbocycles. The van der Waals surface area contributed by atoms with E-state index < -0.39 is 8.07 Å². The van der Waals surface area contributed by atoms with Crippen molar-refractivity contribution in [3.05, 3.63) is 65.9 Å². The minimum Gasteiger partial charge on any atom is -1.00 e. The Bertz CT molecular complexity index is 671. The van der Waals surface area contributed by atoms with Crippen LogP contribution in [-0.2, 0) is 24.2 Å². The fraction of sp³-hybridized carbons (Fsp3) is 0.333. The average molecular weight is 487 g/mol. The molecule has 1 nitrogen and oxygen atoms in total. The molecule has 0 radical (unpaired) electrons. The van der Waals surface area contributed by atoms with E-state index in [-0.39, 0.29) is 24.8 Å². The number of rotatable bonds is 3. The normalized spacial score (nSPS) is 11.9. The Kier molecular flexibility index (Phi) is 16.0. The maximum Gasteiger partial charge on any atom is 0.0397 e. The van der Waals surface area contributed by atoms with Gasteiger partial charge in [0.1, 0.15) is 0 Å². The molecule has 0 bridgehead atoms. The zero-order valence-electron chi connectivity index (χ0n) is 16.0. The summed E-state index contributed by atoms with van der Waals surface area (Å²) >= 11 is 1.55. The molecule has 1 N–H and O–H groups in total. The third-order valence-corrected chi connectivity index (χ3v) is 7.15. The van der Waals surface area contributed by atoms with Crippen LogP contribution in [-0.4, -0.2) is 23.0 Å². The van der Waals surface area contributed by atoms with Crippen LogP contribution in [0.4, 0.5) is 0 Å². The molecule has 0 aromatic heterocycles. The Morgan fingerprint density at radius 2 is 1.81 bits per heavy atom. The fourth-order valence-corrected chi connectivity index (χ4v) is 4.36. The second kappa shape index (κ2) is 14.8. The largest absolute Gasteiger partial charge is 1.00 e. The summed E-state index contributed by atoms with van der Waals surface area (Å²) in [5, 5.41) is 12.9. The van der Waals surface area contributed by atoms with Crippen LogP contribution in [0.3, 0.4) is 0 Å². The number of aliphatic hydroxyl groups is 1. The molecule has 1 aliphatic rings. The summed E-state index contributed by atoms with van der Waals surface area (Å²) in [5.74, 6) is 0. The Labute approximate surface area is 187 Å². The number of hydrogen-bond donors (Lipinski definition) is 1. The van der Waals surface area contributed by atoms with Gasteiger partial charge in [0, 0.05) is 6.61 Å². The Morgan fingerprint density at radius 3 is 2.31 bits per heavy atom. The third-order valence-electron chi connectivity index (χ3n) is 3.76. The molecule has 5 heteroatoms. The predicted octanol–water partition coefficient (Wildman–Crippen LogP) is -0.772. The first-order valence-corrected chi connectivity index (χ1v) is 12.8. The van der Waals surface area contributed by atoms with Gasteiger partial charge in [-0.1, -0.05) is 19.2 Å². The number of benzene rings is 1. The van der Waals surface area contributed by atoms with Gasteiger partial charge in [-0.25, -0.2) is 11.3 Å². The van der Waals surface area contributed by atoms with E-state index in [0.29, 0.717) is 6.61 Å². The van der Waals surface area contributed by atoms with Crippen LogP contribution in [0.5, 0.6) is 0 Å². The van der Waals surface area contributed by atoms with Crippen molar-refractivity contribution in [2.24, 2.45) is 0 Å². The van der Waals surface area contributed by atoms with Gasteiger partial charge < -0.3 is 29.9 Å². The standard InChI is InChI=1S/C9H15OSi.C9H7.C3H6.2ClH.Zr/c1-11(2,8-7-10)9-5-3-4-6-9;1-2-5-9-7-3-6-8(9)4-1;1-3-2;;;/h5-6,10H,3,7-8H2,1-2H3;1-7H;1-2H3;2*1H;/q2*-1;;;;+2/p-2. The first-order chi connectivity index (χ1) is 11.4. The molecule has 142 valence electrons. The van der Waals surface area contributed by atoms with Crippen LogP contribution < -0.4 is 24.8 Å². The fourth-order valence-electron chi connectivity index (χ4n) is 2.36. The molecule has 0 amide bonds. The molecule has 0 unspecified atom stereocenters. The Hall–Kier alpha value is -0.180. The summed E-state index contributed by atoms with van der Waals surface area (Å²) in [6, 6.07) is 15.6. The quantitative estimate of drug-likeness (QED) is 0.446. The first-order valence-electron chi connectivity index (χ1n) is 8.37. The monoisotopic (exact) mass is 484 g/mol. The predicted molar refractivity (Wildman–Crippen MR) is 106 cm³/mol. The molecule has 0 saturated carbocycles. The van der Waals surface area contributed by atoms with Crippen LogP contribution in [0.25, 0.3) is 10.8 Å². The number of allylic oxidation sites excluding steroid dienone is 4. The van der Waals surface area contributed by atoms with Crippen LogP contribution in [0.15, 0.2) is 59.8 Å². The molecule has 0 fully saturated rings. The number of hydrogen-bond acceptors (Lipinski definition) is 1. The van der Waals surface area contributed by atoms with E-state index in [1.54, 1.807) is 24.2 Å². The SMILES string of the molecule is C[C](C)=[Zr+2].C[Si](C)(CCO)C1=CC[C-]=C1.[Cl-].[Cl-].c1ccc2[cH-]ccc2c1. The number of halogens is 2. The molecule has 0 atom stereocenters. The number of aliphatic hydroxyl groups excluding tert-OH is 1. The van der Waals surface area contributed by atoms with Gasteiger partial charge in [-0.2, -0.15) is 23.6 Å². The topological polar surface area (TPSA) is 20.2 Å². The zero-order chi connectivity index (χ0) is 18.0. The minimum absolute atomic E-state index is 0. The first kappa shape index (κ1) is 28.0.